The molecule has 0 spiro atoms. The molecule has 0 saturated heterocycles. The molecule has 0 saturated carbocycles. The second-order valence-electron chi connectivity index (χ2n) is 9.26. The van der Waals surface area contributed by atoms with E-state index in [0.29, 0.717) is 44.5 Å². The highest BCUT2D eigenvalue weighted by molar-refractivity contribution is 6.36. The van der Waals surface area contributed by atoms with Gasteiger partial charge in [-0.05, 0) is 30.2 Å². The number of carboxylic acids is 1. The predicted molar refractivity (Wildman–Crippen MR) is 156 cm³/mol. The quantitative estimate of drug-likeness (QED) is 0.275. The molecule has 3 N–H and O–H groups in total. The molecule has 4 aromatic rings. The minimum atomic E-state index is -0.965. The summed E-state index contributed by atoms with van der Waals surface area (Å²) >= 11 is 6.91. The van der Waals surface area contributed by atoms with Gasteiger partial charge in [0, 0.05) is 49.2 Å². The number of rotatable bonds is 9. The predicted octanol–water partition coefficient (Wildman–Crippen LogP) is 3.21. The van der Waals surface area contributed by atoms with E-state index < -0.39 is 23.1 Å². The van der Waals surface area contributed by atoms with Gasteiger partial charge in [-0.2, -0.15) is 0 Å². The Morgan fingerprint density at radius 2 is 1.71 bits per heavy atom. The molecule has 0 atom stereocenters. The molecule has 4 rings (SSSR count). The molecule has 212 valence electrons. The molecule has 0 fully saturated rings. The average Bonchev–Trinajstić information content (AvgIpc) is 2.95. The standard InChI is InChI=1S/C29H28ClN5O6/c1-16-18(7-6-10-22(16)32-26(38)21-15-34(2)29(40)35(3)28(21)39)19-8-5-9-20(25(19)30)23-12-11-17(27(33-23)41-4)13-31-14-24(36)37/h5-12,15,31H,13-14H2,1-4H3,(H,32,38)(H,36,37). The SMILES string of the molecule is COc1nc(-c2cccc(-c3cccc(NC(=O)c4cn(C)c(=O)n(C)c4=O)c3C)c2Cl)ccc1CNCC(=O)O. The lowest BCUT2D eigenvalue weighted by molar-refractivity contribution is -0.136. The summed E-state index contributed by atoms with van der Waals surface area (Å²) < 4.78 is 7.49. The van der Waals surface area contributed by atoms with Gasteiger partial charge in [-0.1, -0.05) is 48.0 Å². The van der Waals surface area contributed by atoms with Crippen LogP contribution in [-0.4, -0.2) is 44.8 Å². The van der Waals surface area contributed by atoms with Gasteiger partial charge in [0.2, 0.25) is 5.88 Å². The van der Waals surface area contributed by atoms with Crippen molar-refractivity contribution < 1.29 is 19.4 Å². The van der Waals surface area contributed by atoms with Crippen molar-refractivity contribution in [3.05, 3.63) is 97.3 Å². The maximum Gasteiger partial charge on any atom is 0.330 e. The third-order valence-corrected chi connectivity index (χ3v) is 6.97. The normalized spacial score (nSPS) is 10.9. The molecule has 41 heavy (non-hydrogen) atoms. The number of nitrogens with one attached hydrogen (secondary N) is 2. The highest BCUT2D eigenvalue weighted by Gasteiger charge is 2.19. The first-order valence-electron chi connectivity index (χ1n) is 12.5. The van der Waals surface area contributed by atoms with E-state index in [-0.39, 0.29) is 18.7 Å². The molecule has 0 radical (unpaired) electrons. The first-order valence-corrected chi connectivity index (χ1v) is 12.8. The Kier molecular flexibility index (Phi) is 8.70. The van der Waals surface area contributed by atoms with Crippen molar-refractivity contribution in [2.45, 2.75) is 13.5 Å². The van der Waals surface area contributed by atoms with E-state index in [4.69, 9.17) is 21.4 Å². The average molecular weight is 578 g/mol. The van der Waals surface area contributed by atoms with Crippen molar-refractivity contribution in [2.24, 2.45) is 14.1 Å². The fourth-order valence-electron chi connectivity index (χ4n) is 4.39. The molecule has 1 amide bonds. The molecule has 2 aromatic heterocycles. The number of aryl methyl sites for hydroxylation is 1. The smallest absolute Gasteiger partial charge is 0.330 e. The Hall–Kier alpha value is -4.74. The summed E-state index contributed by atoms with van der Waals surface area (Å²) in [5, 5.41) is 14.9. The van der Waals surface area contributed by atoms with Gasteiger partial charge in [0.05, 0.1) is 24.4 Å². The molecule has 0 aliphatic rings. The minimum Gasteiger partial charge on any atom is -0.481 e. The van der Waals surface area contributed by atoms with E-state index in [1.807, 2.05) is 31.2 Å². The van der Waals surface area contributed by atoms with Crippen LogP contribution >= 0.6 is 11.6 Å². The number of nitrogens with zero attached hydrogens (tertiary/aromatic N) is 3. The fraction of sp³-hybridized carbons (Fsp3) is 0.207. The highest BCUT2D eigenvalue weighted by Crippen LogP contribution is 2.39. The number of pyridine rings is 1. The number of anilines is 1. The second-order valence-corrected chi connectivity index (χ2v) is 9.64. The molecule has 0 bridgehead atoms. The molecule has 0 aliphatic heterocycles. The summed E-state index contributed by atoms with van der Waals surface area (Å²) in [4.78, 5) is 53.0. The summed E-state index contributed by atoms with van der Waals surface area (Å²) in [5.41, 5.74) is 3.15. The van der Waals surface area contributed by atoms with Crippen molar-refractivity contribution in [1.29, 1.82) is 0 Å². The third kappa shape index (κ3) is 6.06. The van der Waals surface area contributed by atoms with Crippen LogP contribution in [-0.2, 0) is 25.4 Å². The minimum absolute atomic E-state index is 0.166. The van der Waals surface area contributed by atoms with Crippen molar-refractivity contribution in [2.75, 3.05) is 19.0 Å². The van der Waals surface area contributed by atoms with Crippen molar-refractivity contribution in [3.8, 4) is 28.3 Å². The van der Waals surface area contributed by atoms with Crippen LogP contribution in [0, 0.1) is 6.92 Å². The molecule has 2 aromatic carbocycles. The van der Waals surface area contributed by atoms with Crippen molar-refractivity contribution >= 4 is 29.2 Å². The van der Waals surface area contributed by atoms with Crippen LogP contribution in [0.5, 0.6) is 5.88 Å². The van der Waals surface area contributed by atoms with Crippen LogP contribution in [0.4, 0.5) is 5.69 Å². The molecular formula is C29H28ClN5O6. The van der Waals surface area contributed by atoms with E-state index in [2.05, 4.69) is 15.6 Å². The number of methoxy groups -OCH3 is 1. The van der Waals surface area contributed by atoms with Crippen LogP contribution in [0.25, 0.3) is 22.4 Å². The van der Waals surface area contributed by atoms with Gasteiger partial charge in [0.25, 0.3) is 11.5 Å². The second kappa shape index (κ2) is 12.2. The maximum atomic E-state index is 13.0. The van der Waals surface area contributed by atoms with Gasteiger partial charge in [0.1, 0.15) is 5.56 Å². The summed E-state index contributed by atoms with van der Waals surface area (Å²) in [6, 6.07) is 14.4. The van der Waals surface area contributed by atoms with Crippen LogP contribution in [0.2, 0.25) is 5.02 Å². The Labute approximate surface area is 240 Å². The Bertz CT molecular complexity index is 1780. The zero-order valence-corrected chi connectivity index (χ0v) is 23.6. The molecule has 0 aliphatic carbocycles. The zero-order valence-electron chi connectivity index (χ0n) is 22.8. The highest BCUT2D eigenvalue weighted by atomic mass is 35.5. The fourth-order valence-corrected chi connectivity index (χ4v) is 4.71. The monoisotopic (exact) mass is 577 g/mol. The van der Waals surface area contributed by atoms with Gasteiger partial charge in [-0.25, -0.2) is 9.78 Å². The molecule has 12 heteroatoms. The summed E-state index contributed by atoms with van der Waals surface area (Å²) in [6.45, 7) is 1.89. The van der Waals surface area contributed by atoms with Gasteiger partial charge >= 0.3 is 11.7 Å². The van der Waals surface area contributed by atoms with E-state index in [1.54, 1.807) is 24.3 Å². The van der Waals surface area contributed by atoms with Gasteiger partial charge in [0.15, 0.2) is 0 Å². The summed E-state index contributed by atoms with van der Waals surface area (Å²) in [6.07, 6.45) is 1.22. The van der Waals surface area contributed by atoms with Crippen LogP contribution in [0.1, 0.15) is 21.5 Å². The van der Waals surface area contributed by atoms with E-state index in [0.717, 1.165) is 10.1 Å². The van der Waals surface area contributed by atoms with E-state index in [9.17, 15) is 19.2 Å². The molecule has 2 heterocycles. The van der Waals surface area contributed by atoms with Crippen LogP contribution in [0.3, 0.4) is 0 Å². The first-order chi connectivity index (χ1) is 19.5. The topological polar surface area (TPSA) is 145 Å². The van der Waals surface area contributed by atoms with Gasteiger partial charge in [-0.15, -0.1) is 0 Å². The number of aliphatic carboxylic acids is 1. The number of carboxylic acid groups (broad SMARTS) is 1. The van der Waals surface area contributed by atoms with Crippen molar-refractivity contribution in [3.63, 3.8) is 0 Å². The number of halogens is 1. The number of hydrogen-bond acceptors (Lipinski definition) is 7. The van der Waals surface area contributed by atoms with Crippen LogP contribution < -0.4 is 26.6 Å². The van der Waals surface area contributed by atoms with Crippen molar-refractivity contribution in [1.82, 2.24) is 19.4 Å². The molecular weight excluding hydrogens is 550 g/mol. The third-order valence-electron chi connectivity index (χ3n) is 6.56. The Morgan fingerprint density at radius 3 is 2.41 bits per heavy atom. The molecule has 11 nitrogen and oxygen atoms in total. The lowest BCUT2D eigenvalue weighted by atomic mass is 9.96. The number of carbonyl (C=O) groups is 2. The summed E-state index contributed by atoms with van der Waals surface area (Å²) in [5.74, 6) is -1.27. The number of hydrogen-bond donors (Lipinski definition) is 3. The number of amides is 1. The Morgan fingerprint density at radius 1 is 1.02 bits per heavy atom. The first kappa shape index (κ1) is 29.2. The lowest BCUT2D eigenvalue weighted by Crippen LogP contribution is -2.40. The Balaban J connectivity index is 1.67. The van der Waals surface area contributed by atoms with E-state index in [1.165, 1.54) is 32.0 Å². The molecule has 0 unspecified atom stereocenters. The van der Waals surface area contributed by atoms with Gasteiger partial charge in [-0.3, -0.25) is 19.0 Å². The number of benzene rings is 2. The largest absolute Gasteiger partial charge is 0.481 e. The number of carbonyl (C=O) groups excluding carboxylic acids is 1. The van der Waals surface area contributed by atoms with Gasteiger partial charge < -0.3 is 25.0 Å². The number of aromatic nitrogens is 3. The zero-order chi connectivity index (χ0) is 29.8. The number of ether oxygens (including phenoxy) is 1. The summed E-state index contributed by atoms with van der Waals surface area (Å²) in [7, 11) is 4.27. The van der Waals surface area contributed by atoms with Crippen LogP contribution in [0.15, 0.2) is 64.3 Å². The van der Waals surface area contributed by atoms with E-state index >= 15 is 0 Å². The lowest BCUT2D eigenvalue weighted by Gasteiger charge is -2.16. The maximum absolute atomic E-state index is 13.0.